The van der Waals surface area contributed by atoms with Crippen LogP contribution in [0.1, 0.15) is 46.1 Å². The molecule has 1 fully saturated rings. The third-order valence-electron chi connectivity index (χ3n) is 4.37. The average Bonchev–Trinajstić information content (AvgIpc) is 2.92. The fraction of sp³-hybridized carbons (Fsp3) is 0.733. The van der Waals surface area contributed by atoms with Gasteiger partial charge in [0.15, 0.2) is 0 Å². The van der Waals surface area contributed by atoms with Crippen LogP contribution in [0.5, 0.6) is 0 Å². The average molecular weight is 315 g/mol. The van der Waals surface area contributed by atoms with Crippen molar-refractivity contribution in [1.82, 2.24) is 14.5 Å². The van der Waals surface area contributed by atoms with Gasteiger partial charge in [0.25, 0.3) is 0 Å². The quantitative estimate of drug-likeness (QED) is 0.927. The highest BCUT2D eigenvalue weighted by Crippen LogP contribution is 2.28. The van der Waals surface area contributed by atoms with Crippen LogP contribution < -0.4 is 5.73 Å². The number of piperidine rings is 1. The van der Waals surface area contributed by atoms with Gasteiger partial charge in [0.1, 0.15) is 0 Å². The van der Waals surface area contributed by atoms with Gasteiger partial charge in [-0.15, -0.1) is 12.4 Å². The number of carbonyl (C=O) groups is 1. The summed E-state index contributed by atoms with van der Waals surface area (Å²) in [6, 6.07) is 0.299. The fourth-order valence-corrected chi connectivity index (χ4v) is 3.07. The molecule has 2 heterocycles. The predicted octanol–water partition coefficient (Wildman–Crippen LogP) is 2.23. The predicted molar refractivity (Wildman–Crippen MR) is 86.4 cm³/mol. The van der Waals surface area contributed by atoms with Crippen LogP contribution in [0, 0.1) is 5.92 Å². The van der Waals surface area contributed by atoms with Crippen LogP contribution in [0.2, 0.25) is 0 Å². The van der Waals surface area contributed by atoms with Gasteiger partial charge >= 0.3 is 0 Å². The van der Waals surface area contributed by atoms with E-state index in [1.807, 2.05) is 24.3 Å². The number of carbonyl (C=O) groups excluding carboxylic acids is 1. The number of likely N-dealkylation sites (tertiary alicyclic amines) is 1. The van der Waals surface area contributed by atoms with E-state index in [4.69, 9.17) is 5.73 Å². The number of imidazole rings is 1. The Labute approximate surface area is 133 Å². The molecule has 0 bridgehead atoms. The smallest absolute Gasteiger partial charge is 0.242 e. The van der Waals surface area contributed by atoms with Gasteiger partial charge in [-0.3, -0.25) is 4.79 Å². The van der Waals surface area contributed by atoms with E-state index in [1.54, 1.807) is 6.20 Å². The lowest BCUT2D eigenvalue weighted by Crippen LogP contribution is -2.56. The zero-order valence-corrected chi connectivity index (χ0v) is 14.0. The molecule has 1 aliphatic rings. The van der Waals surface area contributed by atoms with Gasteiger partial charge in [-0.2, -0.15) is 0 Å². The first-order valence-corrected chi connectivity index (χ1v) is 7.51. The molecular weight excluding hydrogens is 288 g/mol. The number of aromatic nitrogens is 2. The summed E-state index contributed by atoms with van der Waals surface area (Å²) in [4.78, 5) is 18.7. The van der Waals surface area contributed by atoms with Crippen molar-refractivity contribution in [2.45, 2.75) is 51.6 Å². The third kappa shape index (κ3) is 3.98. The molecule has 2 N–H and O–H groups in total. The minimum absolute atomic E-state index is 0. The summed E-state index contributed by atoms with van der Waals surface area (Å²) < 4.78 is 2.11. The first kappa shape index (κ1) is 18.0. The molecule has 21 heavy (non-hydrogen) atoms. The number of nitrogens with two attached hydrogens (primary N) is 1. The Morgan fingerprint density at radius 3 is 2.81 bits per heavy atom. The number of nitrogens with zero attached hydrogens (tertiary/aromatic N) is 3. The highest BCUT2D eigenvalue weighted by atomic mass is 35.5. The molecule has 0 aromatic carbocycles. The van der Waals surface area contributed by atoms with E-state index in [-0.39, 0.29) is 18.3 Å². The van der Waals surface area contributed by atoms with E-state index in [0.717, 1.165) is 32.4 Å². The maximum atomic E-state index is 12.6. The molecule has 1 amide bonds. The molecule has 1 aromatic heterocycles. The van der Waals surface area contributed by atoms with Crippen LogP contribution in [0.3, 0.4) is 0 Å². The monoisotopic (exact) mass is 314 g/mol. The lowest BCUT2D eigenvalue weighted by molar-refractivity contribution is -0.139. The summed E-state index contributed by atoms with van der Waals surface area (Å²) in [7, 11) is 0. The first-order valence-electron chi connectivity index (χ1n) is 7.51. The van der Waals surface area contributed by atoms with Crippen LogP contribution in [0.15, 0.2) is 18.7 Å². The van der Waals surface area contributed by atoms with E-state index < -0.39 is 5.54 Å². The standard InChI is InChI=1S/C15H26N4O.ClH/c1-4-6-15(3,16)14(20)18-8-5-12(2)13(10-18)19-9-7-17-11-19;/h7,9,11-13H,4-6,8,10,16H2,1-3H3;1H. The van der Waals surface area contributed by atoms with E-state index in [9.17, 15) is 4.79 Å². The third-order valence-corrected chi connectivity index (χ3v) is 4.37. The molecule has 0 saturated carbocycles. The van der Waals surface area contributed by atoms with Crippen LogP contribution in [0.4, 0.5) is 0 Å². The van der Waals surface area contributed by atoms with Gasteiger partial charge in [0.05, 0.1) is 17.9 Å². The van der Waals surface area contributed by atoms with Crippen LogP contribution in [-0.2, 0) is 4.79 Å². The van der Waals surface area contributed by atoms with Crippen LogP contribution >= 0.6 is 12.4 Å². The topological polar surface area (TPSA) is 64.2 Å². The van der Waals surface area contributed by atoms with Crippen LogP contribution in [-0.4, -0.2) is 39.0 Å². The number of amides is 1. The van der Waals surface area contributed by atoms with Gasteiger partial charge in [-0.05, 0) is 25.7 Å². The number of hydrogen-bond acceptors (Lipinski definition) is 3. The molecule has 1 aromatic rings. The molecular formula is C15H27ClN4O. The molecule has 0 radical (unpaired) electrons. The summed E-state index contributed by atoms with van der Waals surface area (Å²) in [5.74, 6) is 0.625. The molecule has 2 rings (SSSR count). The second-order valence-corrected chi connectivity index (χ2v) is 6.26. The molecule has 5 nitrogen and oxygen atoms in total. The second kappa shape index (κ2) is 7.27. The Balaban J connectivity index is 0.00000220. The van der Waals surface area contributed by atoms with E-state index >= 15 is 0 Å². The molecule has 1 saturated heterocycles. The van der Waals surface area contributed by atoms with Crippen molar-refractivity contribution < 1.29 is 4.79 Å². The largest absolute Gasteiger partial charge is 0.339 e. The summed E-state index contributed by atoms with van der Waals surface area (Å²) >= 11 is 0. The van der Waals surface area contributed by atoms with Crippen molar-refractivity contribution in [3.8, 4) is 0 Å². The molecule has 0 spiro atoms. The van der Waals surface area contributed by atoms with Crippen LogP contribution in [0.25, 0.3) is 0 Å². The van der Waals surface area contributed by atoms with Gasteiger partial charge in [0.2, 0.25) is 5.91 Å². The molecule has 120 valence electrons. The molecule has 0 aliphatic carbocycles. The summed E-state index contributed by atoms with van der Waals surface area (Å²) in [6.07, 6.45) is 8.27. The molecule has 3 unspecified atom stereocenters. The molecule has 3 atom stereocenters. The van der Waals surface area contributed by atoms with E-state index in [1.165, 1.54) is 0 Å². The maximum absolute atomic E-state index is 12.6. The Kier molecular flexibility index (Phi) is 6.23. The SMILES string of the molecule is CCCC(C)(N)C(=O)N1CCC(C)C(n2ccnc2)C1.Cl. The second-order valence-electron chi connectivity index (χ2n) is 6.26. The van der Waals surface area contributed by atoms with Crippen molar-refractivity contribution >= 4 is 18.3 Å². The zero-order chi connectivity index (χ0) is 14.8. The Morgan fingerprint density at radius 1 is 1.52 bits per heavy atom. The van der Waals surface area contributed by atoms with Crippen molar-refractivity contribution in [2.75, 3.05) is 13.1 Å². The van der Waals surface area contributed by atoms with E-state index in [0.29, 0.717) is 12.0 Å². The Hall–Kier alpha value is -1.07. The highest BCUT2D eigenvalue weighted by Gasteiger charge is 2.36. The van der Waals surface area contributed by atoms with Crippen molar-refractivity contribution in [2.24, 2.45) is 11.7 Å². The summed E-state index contributed by atoms with van der Waals surface area (Å²) in [5, 5.41) is 0. The summed E-state index contributed by atoms with van der Waals surface area (Å²) in [5.41, 5.74) is 5.45. The maximum Gasteiger partial charge on any atom is 0.242 e. The van der Waals surface area contributed by atoms with Crippen molar-refractivity contribution in [3.05, 3.63) is 18.7 Å². The lowest BCUT2D eigenvalue weighted by Gasteiger charge is -2.40. The van der Waals surface area contributed by atoms with E-state index in [2.05, 4.69) is 23.4 Å². The van der Waals surface area contributed by atoms with Gasteiger partial charge in [-0.1, -0.05) is 20.3 Å². The van der Waals surface area contributed by atoms with Gasteiger partial charge < -0.3 is 15.2 Å². The molecule has 1 aliphatic heterocycles. The fourth-order valence-electron chi connectivity index (χ4n) is 3.07. The number of rotatable bonds is 4. The van der Waals surface area contributed by atoms with Crippen molar-refractivity contribution in [1.29, 1.82) is 0 Å². The van der Waals surface area contributed by atoms with Gasteiger partial charge in [0, 0.05) is 25.5 Å². The Morgan fingerprint density at radius 2 is 2.24 bits per heavy atom. The molecule has 6 heteroatoms. The number of hydrogen-bond donors (Lipinski definition) is 1. The van der Waals surface area contributed by atoms with Gasteiger partial charge in [-0.25, -0.2) is 4.98 Å². The Bertz CT molecular complexity index is 447. The lowest BCUT2D eigenvalue weighted by atomic mass is 9.90. The highest BCUT2D eigenvalue weighted by molar-refractivity contribution is 5.86. The minimum atomic E-state index is -0.741. The zero-order valence-electron chi connectivity index (χ0n) is 13.2. The summed E-state index contributed by atoms with van der Waals surface area (Å²) in [6.45, 7) is 7.68. The number of halogens is 1. The van der Waals surface area contributed by atoms with Crippen molar-refractivity contribution in [3.63, 3.8) is 0 Å². The normalized spacial score (nSPS) is 25.0. The minimum Gasteiger partial charge on any atom is -0.339 e. The first-order chi connectivity index (χ1) is 9.45.